The van der Waals surface area contributed by atoms with Crippen molar-refractivity contribution in [3.63, 3.8) is 0 Å². The minimum atomic E-state index is 0.528. The van der Waals surface area contributed by atoms with Gasteiger partial charge in [0.1, 0.15) is 6.29 Å². The van der Waals surface area contributed by atoms with Crippen molar-refractivity contribution in [2.75, 3.05) is 0 Å². The van der Waals surface area contributed by atoms with Crippen molar-refractivity contribution < 1.29 is 4.79 Å². The molecule has 1 heteroatoms. The highest BCUT2D eigenvalue weighted by atomic mass is 16.1. The average molecular weight is 250 g/mol. The van der Waals surface area contributed by atoms with Gasteiger partial charge in [0.05, 0.1) is 0 Å². The standard InChI is InChI=1S/C9H8O.C9H10/c1-8(7-10)9-5-3-2-4-6-9;1-8(2)9-6-4-3-5-7-9/h2-7H,1H2;3-7H,1H2,2H3. The molecule has 0 fully saturated rings. The van der Waals surface area contributed by atoms with E-state index in [1.54, 1.807) is 0 Å². The number of hydrogen-bond donors (Lipinski definition) is 0. The number of carbonyl (C=O) groups is 1. The Hall–Kier alpha value is -2.41. The molecule has 0 amide bonds. The van der Waals surface area contributed by atoms with E-state index in [0.29, 0.717) is 5.57 Å². The van der Waals surface area contributed by atoms with E-state index in [9.17, 15) is 4.79 Å². The van der Waals surface area contributed by atoms with E-state index in [4.69, 9.17) is 0 Å². The molecule has 0 unspecified atom stereocenters. The quantitative estimate of drug-likeness (QED) is 0.574. The molecule has 0 N–H and O–H groups in total. The zero-order valence-electron chi connectivity index (χ0n) is 11.2. The second-order valence-electron chi connectivity index (χ2n) is 4.16. The summed E-state index contributed by atoms with van der Waals surface area (Å²) in [6.07, 6.45) is 0.759. The van der Waals surface area contributed by atoms with Crippen molar-refractivity contribution in [1.82, 2.24) is 0 Å². The summed E-state index contributed by atoms with van der Waals surface area (Å²) < 4.78 is 0. The molecule has 0 aliphatic heterocycles. The molecular formula is C18H18O. The second-order valence-corrected chi connectivity index (χ2v) is 4.16. The Morgan fingerprint density at radius 2 is 1.26 bits per heavy atom. The highest BCUT2D eigenvalue weighted by Crippen LogP contribution is 2.08. The topological polar surface area (TPSA) is 17.1 Å². The molecule has 0 atom stereocenters. The van der Waals surface area contributed by atoms with Crippen LogP contribution in [0.25, 0.3) is 11.1 Å². The predicted octanol–water partition coefficient (Wildman–Crippen LogP) is 4.62. The first kappa shape index (κ1) is 14.7. The van der Waals surface area contributed by atoms with Crippen LogP contribution < -0.4 is 0 Å². The maximum atomic E-state index is 10.2. The molecular weight excluding hydrogens is 232 g/mol. The van der Waals surface area contributed by atoms with Gasteiger partial charge in [0, 0.05) is 5.57 Å². The zero-order valence-corrected chi connectivity index (χ0v) is 11.2. The number of hydrogen-bond acceptors (Lipinski definition) is 1. The van der Waals surface area contributed by atoms with Crippen molar-refractivity contribution in [3.05, 3.63) is 84.9 Å². The van der Waals surface area contributed by atoms with Crippen LogP contribution in [0, 0.1) is 0 Å². The third-order valence-electron chi connectivity index (χ3n) is 2.55. The van der Waals surface area contributed by atoms with Gasteiger partial charge in [0.2, 0.25) is 0 Å². The van der Waals surface area contributed by atoms with E-state index in [0.717, 1.165) is 17.4 Å². The molecule has 19 heavy (non-hydrogen) atoms. The van der Waals surface area contributed by atoms with Crippen molar-refractivity contribution in [2.45, 2.75) is 6.92 Å². The first-order chi connectivity index (χ1) is 9.15. The normalized spacial score (nSPS) is 8.89. The fraction of sp³-hybridized carbons (Fsp3) is 0.0556. The minimum absolute atomic E-state index is 0.528. The number of aldehydes is 1. The first-order valence-electron chi connectivity index (χ1n) is 6.05. The molecule has 0 aromatic heterocycles. The molecule has 0 saturated carbocycles. The van der Waals surface area contributed by atoms with E-state index in [2.05, 4.69) is 25.3 Å². The maximum Gasteiger partial charge on any atom is 0.150 e. The van der Waals surface area contributed by atoms with Crippen molar-refractivity contribution >= 4 is 17.4 Å². The third kappa shape index (κ3) is 5.17. The van der Waals surface area contributed by atoms with Crippen LogP contribution in [0.1, 0.15) is 18.1 Å². The highest BCUT2D eigenvalue weighted by molar-refractivity contribution is 6.05. The van der Waals surface area contributed by atoms with E-state index >= 15 is 0 Å². The number of benzene rings is 2. The van der Waals surface area contributed by atoms with Gasteiger partial charge in [-0.25, -0.2) is 0 Å². The van der Waals surface area contributed by atoms with Gasteiger partial charge in [-0.3, -0.25) is 4.79 Å². The van der Waals surface area contributed by atoms with Crippen LogP contribution in [0.2, 0.25) is 0 Å². The van der Waals surface area contributed by atoms with Gasteiger partial charge in [-0.2, -0.15) is 0 Å². The van der Waals surface area contributed by atoms with E-state index in [1.165, 1.54) is 5.56 Å². The Labute approximate surface area is 114 Å². The van der Waals surface area contributed by atoms with Crippen LogP contribution in [0.3, 0.4) is 0 Å². The molecule has 0 aliphatic carbocycles. The Balaban J connectivity index is 0.000000191. The van der Waals surface area contributed by atoms with E-state index < -0.39 is 0 Å². The van der Waals surface area contributed by atoms with Crippen molar-refractivity contribution in [3.8, 4) is 0 Å². The molecule has 0 spiro atoms. The lowest BCUT2D eigenvalue weighted by molar-refractivity contribution is -0.103. The number of rotatable bonds is 3. The lowest BCUT2D eigenvalue weighted by Crippen LogP contribution is -1.80. The predicted molar refractivity (Wildman–Crippen MR) is 82.7 cm³/mol. The first-order valence-corrected chi connectivity index (χ1v) is 6.05. The summed E-state index contributed by atoms with van der Waals surface area (Å²) in [4.78, 5) is 10.2. The molecule has 0 bridgehead atoms. The Kier molecular flexibility index (Phi) is 6.04. The Bertz CT molecular complexity index is 538. The fourth-order valence-corrected chi connectivity index (χ4v) is 1.44. The second kappa shape index (κ2) is 7.83. The van der Waals surface area contributed by atoms with Gasteiger partial charge in [0.25, 0.3) is 0 Å². The molecule has 0 aliphatic rings. The molecule has 0 heterocycles. The molecule has 2 aromatic carbocycles. The van der Waals surface area contributed by atoms with Crippen LogP contribution in [0.5, 0.6) is 0 Å². The number of allylic oxidation sites excluding steroid dienone is 2. The maximum absolute atomic E-state index is 10.2. The molecule has 2 rings (SSSR count). The van der Waals surface area contributed by atoms with Crippen LogP contribution >= 0.6 is 0 Å². The van der Waals surface area contributed by atoms with Gasteiger partial charge in [0.15, 0.2) is 0 Å². The van der Waals surface area contributed by atoms with Gasteiger partial charge in [-0.05, 0) is 18.1 Å². The summed E-state index contributed by atoms with van der Waals surface area (Å²) in [5.74, 6) is 0. The SMILES string of the molecule is C=C(C)c1ccccc1.C=C(C=O)c1ccccc1. The van der Waals surface area contributed by atoms with E-state index in [-0.39, 0.29) is 0 Å². The lowest BCUT2D eigenvalue weighted by Gasteiger charge is -1.94. The van der Waals surface area contributed by atoms with Gasteiger partial charge in [-0.1, -0.05) is 79.4 Å². The molecule has 1 nitrogen and oxygen atoms in total. The van der Waals surface area contributed by atoms with Crippen LogP contribution in [-0.4, -0.2) is 6.29 Å². The van der Waals surface area contributed by atoms with Crippen molar-refractivity contribution in [2.24, 2.45) is 0 Å². The smallest absolute Gasteiger partial charge is 0.150 e. The third-order valence-corrected chi connectivity index (χ3v) is 2.55. The van der Waals surface area contributed by atoms with Crippen LogP contribution in [0.4, 0.5) is 0 Å². The summed E-state index contributed by atoms with van der Waals surface area (Å²) in [5.41, 5.74) is 3.76. The summed E-state index contributed by atoms with van der Waals surface area (Å²) in [6, 6.07) is 19.5. The summed E-state index contributed by atoms with van der Waals surface area (Å²) in [5, 5.41) is 0. The van der Waals surface area contributed by atoms with E-state index in [1.807, 2.05) is 55.5 Å². The average Bonchev–Trinajstić information content (AvgIpc) is 2.49. The Morgan fingerprint density at radius 1 is 0.842 bits per heavy atom. The molecule has 0 saturated heterocycles. The summed E-state index contributed by atoms with van der Waals surface area (Å²) in [6.45, 7) is 9.41. The summed E-state index contributed by atoms with van der Waals surface area (Å²) in [7, 11) is 0. The van der Waals surface area contributed by atoms with Gasteiger partial charge in [-0.15, -0.1) is 0 Å². The highest BCUT2D eigenvalue weighted by Gasteiger charge is 1.92. The van der Waals surface area contributed by atoms with Gasteiger partial charge >= 0.3 is 0 Å². The Morgan fingerprint density at radius 3 is 1.58 bits per heavy atom. The minimum Gasteiger partial charge on any atom is -0.298 e. The monoisotopic (exact) mass is 250 g/mol. The van der Waals surface area contributed by atoms with Crippen molar-refractivity contribution in [1.29, 1.82) is 0 Å². The largest absolute Gasteiger partial charge is 0.298 e. The molecule has 0 radical (unpaired) electrons. The van der Waals surface area contributed by atoms with Gasteiger partial charge < -0.3 is 0 Å². The molecule has 2 aromatic rings. The van der Waals surface area contributed by atoms with Crippen LogP contribution in [-0.2, 0) is 4.79 Å². The fourth-order valence-electron chi connectivity index (χ4n) is 1.44. The lowest BCUT2D eigenvalue weighted by atomic mass is 10.1. The molecule has 96 valence electrons. The number of carbonyl (C=O) groups excluding carboxylic acids is 1. The zero-order chi connectivity index (χ0) is 14.1. The van der Waals surface area contributed by atoms with Crippen LogP contribution in [0.15, 0.2) is 73.8 Å². The summed E-state index contributed by atoms with van der Waals surface area (Å²) >= 11 is 0.